The molecule has 0 amide bonds. The lowest BCUT2D eigenvalue weighted by molar-refractivity contribution is 0.876. The van der Waals surface area contributed by atoms with Gasteiger partial charge in [0, 0.05) is 22.0 Å². The van der Waals surface area contributed by atoms with Crippen LogP contribution in [-0.4, -0.2) is 9.97 Å². The van der Waals surface area contributed by atoms with Crippen LogP contribution in [0, 0.1) is 6.92 Å². The Morgan fingerprint density at radius 1 is 0.889 bits per heavy atom. The Balaban J connectivity index is 1.81. The van der Waals surface area contributed by atoms with Gasteiger partial charge in [0.1, 0.15) is 5.82 Å². The van der Waals surface area contributed by atoms with E-state index in [1.165, 1.54) is 11.1 Å². The third-order valence-electron chi connectivity index (χ3n) is 4.62. The van der Waals surface area contributed by atoms with Crippen LogP contribution >= 0.6 is 11.6 Å². The van der Waals surface area contributed by atoms with Crippen LogP contribution in [0.3, 0.4) is 0 Å². The molecule has 0 radical (unpaired) electrons. The summed E-state index contributed by atoms with van der Waals surface area (Å²) >= 11 is 6.21. The van der Waals surface area contributed by atoms with Crippen molar-refractivity contribution >= 4 is 28.3 Å². The zero-order chi connectivity index (χ0) is 18.8. The second-order valence-corrected chi connectivity index (χ2v) is 7.14. The second-order valence-electron chi connectivity index (χ2n) is 6.70. The van der Waals surface area contributed by atoms with Crippen molar-refractivity contribution in [1.82, 2.24) is 9.97 Å². The van der Waals surface area contributed by atoms with Gasteiger partial charge in [0.05, 0.1) is 5.52 Å². The first kappa shape index (κ1) is 17.5. The van der Waals surface area contributed by atoms with Gasteiger partial charge in [0.25, 0.3) is 0 Å². The Morgan fingerprint density at radius 2 is 1.63 bits per heavy atom. The molecule has 1 aromatic heterocycles. The van der Waals surface area contributed by atoms with E-state index in [0.717, 1.165) is 22.3 Å². The largest absolute Gasteiger partial charge is 0.363 e. The standard InChI is InChI=1S/C23H20ClN3/c1-15-8-10-18(11-9-15)22-26-21-14-19(24)12-13-20(21)23(27-22)25-16(2)17-6-4-3-5-7-17/h3-14,16H,1-2H3,(H,25,26,27)/t16-/m1/s1. The van der Waals surface area contributed by atoms with Gasteiger partial charge in [0.15, 0.2) is 5.82 Å². The number of nitrogens with one attached hydrogen (secondary N) is 1. The lowest BCUT2D eigenvalue weighted by Gasteiger charge is -2.17. The number of aromatic nitrogens is 2. The van der Waals surface area contributed by atoms with Crippen LogP contribution in [0.2, 0.25) is 5.02 Å². The predicted molar refractivity (Wildman–Crippen MR) is 113 cm³/mol. The Morgan fingerprint density at radius 3 is 2.37 bits per heavy atom. The van der Waals surface area contributed by atoms with Crippen LogP contribution in [0.25, 0.3) is 22.3 Å². The minimum Gasteiger partial charge on any atom is -0.363 e. The van der Waals surface area contributed by atoms with Crippen LogP contribution in [0.1, 0.15) is 24.1 Å². The summed E-state index contributed by atoms with van der Waals surface area (Å²) in [6, 6.07) is 24.4. The normalized spacial score (nSPS) is 12.1. The summed E-state index contributed by atoms with van der Waals surface area (Å²) in [5, 5.41) is 5.17. The topological polar surface area (TPSA) is 37.8 Å². The van der Waals surface area contributed by atoms with Crippen LogP contribution in [0.4, 0.5) is 5.82 Å². The van der Waals surface area contributed by atoms with E-state index in [-0.39, 0.29) is 6.04 Å². The molecule has 0 aliphatic rings. The molecule has 3 nitrogen and oxygen atoms in total. The van der Waals surface area contributed by atoms with Crippen molar-refractivity contribution in [3.8, 4) is 11.4 Å². The van der Waals surface area contributed by atoms with Crippen molar-refractivity contribution in [3.05, 3.63) is 88.9 Å². The smallest absolute Gasteiger partial charge is 0.162 e. The van der Waals surface area contributed by atoms with E-state index < -0.39 is 0 Å². The molecule has 1 N–H and O–H groups in total. The molecular formula is C23H20ClN3. The monoisotopic (exact) mass is 373 g/mol. The van der Waals surface area contributed by atoms with Crippen molar-refractivity contribution in [2.75, 3.05) is 5.32 Å². The summed E-state index contributed by atoms with van der Waals surface area (Å²) in [7, 11) is 0. The summed E-state index contributed by atoms with van der Waals surface area (Å²) in [6.07, 6.45) is 0. The highest BCUT2D eigenvalue weighted by Gasteiger charge is 2.13. The minimum absolute atomic E-state index is 0.117. The molecule has 0 saturated carbocycles. The molecule has 1 atom stereocenters. The van der Waals surface area contributed by atoms with Gasteiger partial charge in [-0.2, -0.15) is 0 Å². The van der Waals surface area contributed by atoms with Crippen molar-refractivity contribution < 1.29 is 0 Å². The van der Waals surface area contributed by atoms with Crippen LogP contribution < -0.4 is 5.32 Å². The number of anilines is 1. The number of nitrogens with zero attached hydrogens (tertiary/aromatic N) is 2. The predicted octanol–water partition coefficient (Wildman–Crippen LogP) is 6.43. The Hall–Kier alpha value is -2.91. The van der Waals surface area contributed by atoms with Crippen molar-refractivity contribution in [2.45, 2.75) is 19.9 Å². The number of hydrogen-bond acceptors (Lipinski definition) is 3. The highest BCUT2D eigenvalue weighted by Crippen LogP contribution is 2.29. The molecule has 134 valence electrons. The van der Waals surface area contributed by atoms with Crippen LogP contribution in [0.5, 0.6) is 0 Å². The zero-order valence-electron chi connectivity index (χ0n) is 15.3. The first-order valence-corrected chi connectivity index (χ1v) is 9.34. The maximum atomic E-state index is 6.21. The van der Waals surface area contributed by atoms with Gasteiger partial charge in [-0.05, 0) is 37.6 Å². The van der Waals surface area contributed by atoms with E-state index in [4.69, 9.17) is 21.6 Å². The summed E-state index contributed by atoms with van der Waals surface area (Å²) in [5.41, 5.74) is 4.22. The molecule has 1 heterocycles. The Labute approximate surface area is 164 Å². The third-order valence-corrected chi connectivity index (χ3v) is 4.86. The zero-order valence-corrected chi connectivity index (χ0v) is 16.0. The molecule has 0 aliphatic heterocycles. The number of benzene rings is 3. The minimum atomic E-state index is 0.117. The molecule has 0 bridgehead atoms. The molecule has 0 saturated heterocycles. The fourth-order valence-electron chi connectivity index (χ4n) is 3.07. The van der Waals surface area contributed by atoms with Gasteiger partial charge in [-0.1, -0.05) is 71.8 Å². The van der Waals surface area contributed by atoms with E-state index in [1.54, 1.807) is 0 Å². The van der Waals surface area contributed by atoms with Gasteiger partial charge >= 0.3 is 0 Å². The summed E-state index contributed by atoms with van der Waals surface area (Å²) in [5.74, 6) is 1.50. The Bertz CT molecular complexity index is 1080. The average molecular weight is 374 g/mol. The quantitative estimate of drug-likeness (QED) is 0.447. The SMILES string of the molecule is Cc1ccc(-c2nc(N[C@H](C)c3ccccc3)c3ccc(Cl)cc3n2)cc1. The lowest BCUT2D eigenvalue weighted by Crippen LogP contribution is -2.09. The van der Waals surface area contributed by atoms with E-state index in [0.29, 0.717) is 10.8 Å². The second kappa shape index (κ2) is 7.37. The summed E-state index contributed by atoms with van der Waals surface area (Å²) in [6.45, 7) is 4.20. The van der Waals surface area contributed by atoms with Crippen molar-refractivity contribution in [2.24, 2.45) is 0 Å². The van der Waals surface area contributed by atoms with Gasteiger partial charge in [-0.3, -0.25) is 0 Å². The molecule has 0 unspecified atom stereocenters. The number of hydrogen-bond donors (Lipinski definition) is 1. The fraction of sp³-hybridized carbons (Fsp3) is 0.130. The first-order valence-electron chi connectivity index (χ1n) is 8.96. The molecule has 27 heavy (non-hydrogen) atoms. The van der Waals surface area contributed by atoms with Gasteiger partial charge in [0.2, 0.25) is 0 Å². The van der Waals surface area contributed by atoms with Crippen molar-refractivity contribution in [1.29, 1.82) is 0 Å². The molecule has 4 heteroatoms. The lowest BCUT2D eigenvalue weighted by atomic mass is 10.1. The summed E-state index contributed by atoms with van der Waals surface area (Å²) < 4.78 is 0. The molecule has 3 aromatic carbocycles. The van der Waals surface area contributed by atoms with Gasteiger partial charge in [-0.15, -0.1) is 0 Å². The maximum Gasteiger partial charge on any atom is 0.162 e. The average Bonchev–Trinajstić information content (AvgIpc) is 2.68. The van der Waals surface area contributed by atoms with Crippen LogP contribution in [-0.2, 0) is 0 Å². The first-order chi connectivity index (χ1) is 13.1. The molecule has 0 aliphatic carbocycles. The highest BCUT2D eigenvalue weighted by atomic mass is 35.5. The number of aryl methyl sites for hydroxylation is 1. The van der Waals surface area contributed by atoms with Crippen molar-refractivity contribution in [3.63, 3.8) is 0 Å². The molecule has 0 spiro atoms. The number of rotatable bonds is 4. The molecule has 4 aromatic rings. The molecular weight excluding hydrogens is 354 g/mol. The summed E-state index contributed by atoms with van der Waals surface area (Å²) in [4.78, 5) is 9.57. The van der Waals surface area contributed by atoms with E-state index in [9.17, 15) is 0 Å². The molecule has 0 fully saturated rings. The van der Waals surface area contributed by atoms with Crippen LogP contribution in [0.15, 0.2) is 72.8 Å². The molecule has 4 rings (SSSR count). The maximum absolute atomic E-state index is 6.21. The third kappa shape index (κ3) is 3.79. The number of halogens is 1. The van der Waals surface area contributed by atoms with E-state index >= 15 is 0 Å². The Kier molecular flexibility index (Phi) is 4.78. The van der Waals surface area contributed by atoms with Gasteiger partial charge in [-0.25, -0.2) is 9.97 Å². The van der Waals surface area contributed by atoms with Gasteiger partial charge < -0.3 is 5.32 Å². The number of fused-ring (bicyclic) bond motifs is 1. The van der Waals surface area contributed by atoms with E-state index in [1.807, 2.05) is 48.5 Å². The van der Waals surface area contributed by atoms with E-state index in [2.05, 4.69) is 43.4 Å². The fourth-order valence-corrected chi connectivity index (χ4v) is 3.24. The highest BCUT2D eigenvalue weighted by molar-refractivity contribution is 6.31.